The lowest BCUT2D eigenvalue weighted by atomic mass is 9.97. The summed E-state index contributed by atoms with van der Waals surface area (Å²) >= 11 is 0. The zero-order valence-corrected chi connectivity index (χ0v) is 7.47. The first kappa shape index (κ1) is 8.05. The monoisotopic (exact) mass is 168 g/mol. The number of hydrogen-bond donors (Lipinski definition) is 2. The van der Waals surface area contributed by atoms with Crippen LogP contribution < -0.4 is 10.6 Å². The quantitative estimate of drug-likeness (QED) is 0.615. The molecule has 2 fully saturated rings. The summed E-state index contributed by atoms with van der Waals surface area (Å²) in [5, 5.41) is 6.28. The fourth-order valence-electron chi connectivity index (χ4n) is 1.70. The molecule has 1 aliphatic carbocycles. The molecule has 1 saturated carbocycles. The molecule has 0 radical (unpaired) electrons. The number of amides is 1. The van der Waals surface area contributed by atoms with Gasteiger partial charge in [-0.25, -0.2) is 0 Å². The van der Waals surface area contributed by atoms with Gasteiger partial charge in [-0.3, -0.25) is 4.79 Å². The van der Waals surface area contributed by atoms with Crippen LogP contribution >= 0.6 is 0 Å². The number of carbonyl (C=O) groups is 1. The van der Waals surface area contributed by atoms with Crippen molar-refractivity contribution in [3.63, 3.8) is 0 Å². The average Bonchev–Trinajstić information content (AvgIpc) is 2.72. The van der Waals surface area contributed by atoms with Crippen molar-refractivity contribution in [1.82, 2.24) is 10.6 Å². The molecule has 2 aliphatic rings. The van der Waals surface area contributed by atoms with Gasteiger partial charge in [-0.15, -0.1) is 0 Å². The number of hydrogen-bond acceptors (Lipinski definition) is 2. The normalized spacial score (nSPS) is 35.1. The van der Waals surface area contributed by atoms with Gasteiger partial charge < -0.3 is 10.6 Å². The highest BCUT2D eigenvalue weighted by Gasteiger charge is 2.32. The molecule has 2 unspecified atom stereocenters. The number of carbonyl (C=O) groups excluding carboxylic acids is 1. The van der Waals surface area contributed by atoms with E-state index in [0.717, 1.165) is 13.1 Å². The van der Waals surface area contributed by atoms with Crippen molar-refractivity contribution in [2.24, 2.45) is 11.8 Å². The van der Waals surface area contributed by atoms with Gasteiger partial charge >= 0.3 is 0 Å². The van der Waals surface area contributed by atoms with Gasteiger partial charge in [-0.05, 0) is 25.3 Å². The van der Waals surface area contributed by atoms with Gasteiger partial charge in [0, 0.05) is 12.6 Å². The highest BCUT2D eigenvalue weighted by atomic mass is 16.2. The molecular formula is C9H16N2O. The third-order valence-electron chi connectivity index (χ3n) is 2.78. The Kier molecular flexibility index (Phi) is 2.05. The van der Waals surface area contributed by atoms with E-state index in [0.29, 0.717) is 12.0 Å². The highest BCUT2D eigenvalue weighted by molar-refractivity contribution is 5.80. The summed E-state index contributed by atoms with van der Waals surface area (Å²) in [6.07, 6.45) is 2.36. The summed E-state index contributed by atoms with van der Waals surface area (Å²) < 4.78 is 0. The molecule has 1 aliphatic heterocycles. The van der Waals surface area contributed by atoms with Crippen molar-refractivity contribution in [3.8, 4) is 0 Å². The molecule has 0 spiro atoms. The van der Waals surface area contributed by atoms with E-state index < -0.39 is 0 Å². The van der Waals surface area contributed by atoms with Crippen molar-refractivity contribution in [1.29, 1.82) is 0 Å². The fraction of sp³-hybridized carbons (Fsp3) is 0.889. The molecule has 0 aromatic carbocycles. The molecule has 2 N–H and O–H groups in total. The Bertz CT molecular complexity index is 189. The van der Waals surface area contributed by atoms with Crippen LogP contribution in [0.5, 0.6) is 0 Å². The van der Waals surface area contributed by atoms with Crippen molar-refractivity contribution in [3.05, 3.63) is 0 Å². The maximum absolute atomic E-state index is 11.6. The van der Waals surface area contributed by atoms with E-state index in [1.807, 2.05) is 0 Å². The number of rotatable bonds is 2. The van der Waals surface area contributed by atoms with E-state index in [9.17, 15) is 4.79 Å². The average molecular weight is 168 g/mol. The predicted molar refractivity (Wildman–Crippen MR) is 46.7 cm³/mol. The van der Waals surface area contributed by atoms with Crippen LogP contribution in [-0.2, 0) is 4.79 Å². The van der Waals surface area contributed by atoms with Crippen LogP contribution in [0.4, 0.5) is 0 Å². The molecule has 68 valence electrons. The first-order valence-corrected chi connectivity index (χ1v) is 4.78. The zero-order valence-electron chi connectivity index (χ0n) is 7.47. The maximum Gasteiger partial charge on any atom is 0.224 e. The smallest absolute Gasteiger partial charge is 0.224 e. The fourth-order valence-corrected chi connectivity index (χ4v) is 1.70. The molecular weight excluding hydrogens is 152 g/mol. The van der Waals surface area contributed by atoms with Crippen LogP contribution in [0.25, 0.3) is 0 Å². The summed E-state index contributed by atoms with van der Waals surface area (Å²) in [5.41, 5.74) is 0. The second-order valence-electron chi connectivity index (χ2n) is 4.02. The Morgan fingerprint density at radius 1 is 1.42 bits per heavy atom. The lowest BCUT2D eigenvalue weighted by Gasteiger charge is -2.13. The van der Waals surface area contributed by atoms with Crippen molar-refractivity contribution < 1.29 is 4.79 Å². The Hall–Kier alpha value is -0.570. The molecule has 12 heavy (non-hydrogen) atoms. The van der Waals surface area contributed by atoms with Crippen LogP contribution in [0.3, 0.4) is 0 Å². The summed E-state index contributed by atoms with van der Waals surface area (Å²) in [4.78, 5) is 11.6. The molecule has 1 heterocycles. The van der Waals surface area contributed by atoms with Crippen molar-refractivity contribution in [2.45, 2.75) is 25.8 Å². The Morgan fingerprint density at radius 2 is 2.17 bits per heavy atom. The summed E-state index contributed by atoms with van der Waals surface area (Å²) in [7, 11) is 0. The minimum Gasteiger partial charge on any atom is -0.353 e. The Morgan fingerprint density at radius 3 is 2.67 bits per heavy atom. The van der Waals surface area contributed by atoms with Gasteiger partial charge in [-0.2, -0.15) is 0 Å². The zero-order chi connectivity index (χ0) is 8.55. The maximum atomic E-state index is 11.6. The van der Waals surface area contributed by atoms with Crippen molar-refractivity contribution in [2.75, 3.05) is 13.1 Å². The number of nitrogens with one attached hydrogen (secondary N) is 2. The summed E-state index contributed by atoms with van der Waals surface area (Å²) in [6, 6.07) is 0.505. The van der Waals surface area contributed by atoms with Gasteiger partial charge in [0.25, 0.3) is 0 Å². The predicted octanol–water partition coefficient (Wildman–Crippen LogP) is 0.120. The van der Waals surface area contributed by atoms with Crippen LogP contribution in [0.2, 0.25) is 0 Å². The molecule has 1 saturated heterocycles. The van der Waals surface area contributed by atoms with E-state index in [-0.39, 0.29) is 11.8 Å². The van der Waals surface area contributed by atoms with Gasteiger partial charge in [-0.1, -0.05) is 6.92 Å². The first-order chi connectivity index (χ1) is 5.77. The van der Waals surface area contributed by atoms with Crippen LogP contribution in [-0.4, -0.2) is 25.0 Å². The molecule has 0 bridgehead atoms. The van der Waals surface area contributed by atoms with E-state index in [4.69, 9.17) is 0 Å². The van der Waals surface area contributed by atoms with E-state index in [1.165, 1.54) is 12.8 Å². The van der Waals surface area contributed by atoms with Gasteiger partial charge in [0.2, 0.25) is 5.91 Å². The summed E-state index contributed by atoms with van der Waals surface area (Å²) in [5.74, 6) is 0.976. The van der Waals surface area contributed by atoms with Crippen LogP contribution in [0, 0.1) is 11.8 Å². The molecule has 1 amide bonds. The van der Waals surface area contributed by atoms with E-state index >= 15 is 0 Å². The van der Waals surface area contributed by atoms with Crippen LogP contribution in [0.15, 0.2) is 0 Å². The minimum absolute atomic E-state index is 0.214. The third-order valence-corrected chi connectivity index (χ3v) is 2.78. The molecule has 2 atom stereocenters. The van der Waals surface area contributed by atoms with Gasteiger partial charge in [0.05, 0.1) is 5.92 Å². The van der Waals surface area contributed by atoms with E-state index in [2.05, 4.69) is 17.6 Å². The lowest BCUT2D eigenvalue weighted by Crippen LogP contribution is -2.35. The molecule has 0 aromatic heterocycles. The van der Waals surface area contributed by atoms with Gasteiger partial charge in [0.1, 0.15) is 0 Å². The second-order valence-corrected chi connectivity index (χ2v) is 4.02. The largest absolute Gasteiger partial charge is 0.353 e. The van der Waals surface area contributed by atoms with Crippen molar-refractivity contribution >= 4 is 5.91 Å². The van der Waals surface area contributed by atoms with E-state index in [1.54, 1.807) is 0 Å². The minimum atomic E-state index is 0.214. The second kappa shape index (κ2) is 3.05. The third kappa shape index (κ3) is 1.61. The van der Waals surface area contributed by atoms with Gasteiger partial charge in [0.15, 0.2) is 0 Å². The standard InChI is InChI=1S/C9H16N2O/c1-6-4-10-5-8(6)9(12)11-7-2-3-7/h6-8,10H,2-5H2,1H3,(H,11,12). The SMILES string of the molecule is CC1CNCC1C(=O)NC1CC1. The Labute approximate surface area is 72.9 Å². The highest BCUT2D eigenvalue weighted by Crippen LogP contribution is 2.22. The molecule has 0 aromatic rings. The molecule has 3 heteroatoms. The summed E-state index contributed by atoms with van der Waals surface area (Å²) in [6.45, 7) is 3.99. The molecule has 3 nitrogen and oxygen atoms in total. The lowest BCUT2D eigenvalue weighted by molar-refractivity contribution is -0.125. The Balaban J connectivity index is 1.84. The first-order valence-electron chi connectivity index (χ1n) is 4.78. The van der Waals surface area contributed by atoms with Crippen LogP contribution in [0.1, 0.15) is 19.8 Å². The topological polar surface area (TPSA) is 41.1 Å². The molecule has 2 rings (SSSR count).